The van der Waals surface area contributed by atoms with E-state index in [0.717, 1.165) is 22.3 Å². The molecule has 26 heavy (non-hydrogen) atoms. The van der Waals surface area contributed by atoms with Crippen LogP contribution >= 0.6 is 0 Å². The third kappa shape index (κ3) is 3.26. The van der Waals surface area contributed by atoms with Crippen molar-refractivity contribution in [1.82, 2.24) is 9.88 Å². The summed E-state index contributed by atoms with van der Waals surface area (Å²) in [4.78, 5) is 16.8. The summed E-state index contributed by atoms with van der Waals surface area (Å²) in [6, 6.07) is 13.8. The number of hydrogen-bond donors (Lipinski definition) is 1. The van der Waals surface area contributed by atoms with Crippen LogP contribution in [0.2, 0.25) is 0 Å². The summed E-state index contributed by atoms with van der Waals surface area (Å²) >= 11 is 0. The molecule has 0 saturated heterocycles. The standard InChI is InChI=1S/C20H18N2O4/c23-20(24)22-7-6-15-8-16(19-10-21-13-26-19)9-18(17(15)11-22)25-12-14-4-2-1-3-5-14/h1-5,8-10,13H,6-7,11-12H2,(H,23,24). The maximum atomic E-state index is 11.4. The summed E-state index contributed by atoms with van der Waals surface area (Å²) in [5.74, 6) is 1.35. The predicted molar refractivity (Wildman–Crippen MR) is 94.9 cm³/mol. The van der Waals surface area contributed by atoms with E-state index in [9.17, 15) is 9.90 Å². The zero-order valence-corrected chi connectivity index (χ0v) is 14.1. The number of ether oxygens (including phenoxy) is 1. The zero-order valence-electron chi connectivity index (χ0n) is 14.1. The molecule has 0 saturated carbocycles. The molecule has 2 aromatic carbocycles. The van der Waals surface area contributed by atoms with E-state index in [0.29, 0.717) is 37.6 Å². The van der Waals surface area contributed by atoms with Gasteiger partial charge in [0, 0.05) is 17.7 Å². The lowest BCUT2D eigenvalue weighted by atomic mass is 9.95. The fraction of sp³-hybridized carbons (Fsp3) is 0.200. The van der Waals surface area contributed by atoms with Gasteiger partial charge >= 0.3 is 6.09 Å². The Morgan fingerprint density at radius 2 is 2.12 bits per heavy atom. The van der Waals surface area contributed by atoms with Gasteiger partial charge in [0.25, 0.3) is 0 Å². The number of carbonyl (C=O) groups is 1. The van der Waals surface area contributed by atoms with Crippen molar-refractivity contribution in [3.8, 4) is 17.1 Å². The number of nitrogens with zero attached hydrogens (tertiary/aromatic N) is 2. The molecule has 6 heteroatoms. The third-order valence-corrected chi connectivity index (χ3v) is 4.53. The Labute approximate surface area is 150 Å². The second kappa shape index (κ2) is 6.92. The van der Waals surface area contributed by atoms with Crippen LogP contribution in [0.4, 0.5) is 4.79 Å². The van der Waals surface area contributed by atoms with Crippen LogP contribution in [0.25, 0.3) is 11.3 Å². The molecule has 3 aromatic rings. The van der Waals surface area contributed by atoms with Gasteiger partial charge in [-0.05, 0) is 29.7 Å². The molecule has 0 unspecified atom stereocenters. The lowest BCUT2D eigenvalue weighted by Gasteiger charge is -2.28. The molecule has 132 valence electrons. The summed E-state index contributed by atoms with van der Waals surface area (Å²) in [5, 5.41) is 9.33. The Morgan fingerprint density at radius 1 is 1.27 bits per heavy atom. The van der Waals surface area contributed by atoms with Crippen LogP contribution in [-0.4, -0.2) is 27.6 Å². The maximum Gasteiger partial charge on any atom is 0.407 e. The molecule has 6 nitrogen and oxygen atoms in total. The number of aromatic nitrogens is 1. The molecule has 2 heterocycles. The second-order valence-corrected chi connectivity index (χ2v) is 6.21. The summed E-state index contributed by atoms with van der Waals surface area (Å²) in [7, 11) is 0. The van der Waals surface area contributed by atoms with Gasteiger partial charge in [-0.2, -0.15) is 0 Å². The van der Waals surface area contributed by atoms with E-state index in [1.54, 1.807) is 6.20 Å². The first-order chi connectivity index (χ1) is 12.7. The monoisotopic (exact) mass is 350 g/mol. The fourth-order valence-electron chi connectivity index (χ4n) is 3.16. The molecule has 1 amide bonds. The topological polar surface area (TPSA) is 75.8 Å². The summed E-state index contributed by atoms with van der Waals surface area (Å²) in [6.45, 7) is 1.21. The fourth-order valence-corrected chi connectivity index (χ4v) is 3.16. The molecule has 0 fully saturated rings. The number of rotatable bonds is 4. The van der Waals surface area contributed by atoms with Crippen molar-refractivity contribution in [3.05, 3.63) is 71.7 Å². The smallest absolute Gasteiger partial charge is 0.407 e. The predicted octanol–water partition coefficient (Wildman–Crippen LogP) is 3.96. The Kier molecular flexibility index (Phi) is 4.31. The molecular formula is C20H18N2O4. The van der Waals surface area contributed by atoms with Crippen molar-refractivity contribution >= 4 is 6.09 Å². The van der Waals surface area contributed by atoms with Gasteiger partial charge in [-0.15, -0.1) is 0 Å². The van der Waals surface area contributed by atoms with E-state index < -0.39 is 6.09 Å². The van der Waals surface area contributed by atoms with Gasteiger partial charge in [-0.25, -0.2) is 9.78 Å². The molecule has 0 radical (unpaired) electrons. The Bertz CT molecular complexity index is 907. The third-order valence-electron chi connectivity index (χ3n) is 4.53. The quantitative estimate of drug-likeness (QED) is 0.771. The number of carboxylic acid groups (broad SMARTS) is 1. The molecule has 0 aliphatic carbocycles. The molecule has 1 aliphatic rings. The normalized spacial score (nSPS) is 13.3. The molecule has 1 aromatic heterocycles. The highest BCUT2D eigenvalue weighted by atomic mass is 16.5. The molecule has 0 atom stereocenters. The van der Waals surface area contributed by atoms with Crippen LogP contribution in [0.5, 0.6) is 5.75 Å². The average molecular weight is 350 g/mol. The van der Waals surface area contributed by atoms with E-state index in [-0.39, 0.29) is 0 Å². The van der Waals surface area contributed by atoms with E-state index in [2.05, 4.69) is 4.98 Å². The van der Waals surface area contributed by atoms with Crippen LogP contribution in [0.1, 0.15) is 16.7 Å². The van der Waals surface area contributed by atoms with E-state index >= 15 is 0 Å². The highest BCUT2D eigenvalue weighted by Crippen LogP contribution is 2.34. The molecule has 0 spiro atoms. The highest BCUT2D eigenvalue weighted by molar-refractivity contribution is 5.68. The van der Waals surface area contributed by atoms with Crippen molar-refractivity contribution in [2.75, 3.05) is 6.54 Å². The SMILES string of the molecule is O=C(O)N1CCc2cc(-c3cnco3)cc(OCc3ccccc3)c2C1. The van der Waals surface area contributed by atoms with Crippen molar-refractivity contribution in [2.24, 2.45) is 0 Å². The number of oxazole rings is 1. The van der Waals surface area contributed by atoms with Gasteiger partial charge < -0.3 is 19.2 Å². The first-order valence-electron chi connectivity index (χ1n) is 8.40. The van der Waals surface area contributed by atoms with Crippen LogP contribution in [0.3, 0.4) is 0 Å². The minimum absolute atomic E-state index is 0.325. The number of amides is 1. The Morgan fingerprint density at radius 3 is 2.85 bits per heavy atom. The van der Waals surface area contributed by atoms with Gasteiger partial charge in [-0.1, -0.05) is 30.3 Å². The first kappa shape index (κ1) is 16.2. The second-order valence-electron chi connectivity index (χ2n) is 6.21. The summed E-state index contributed by atoms with van der Waals surface area (Å²) in [5.41, 5.74) is 3.93. The highest BCUT2D eigenvalue weighted by Gasteiger charge is 2.24. The number of benzene rings is 2. The van der Waals surface area contributed by atoms with Crippen molar-refractivity contribution < 1.29 is 19.1 Å². The largest absolute Gasteiger partial charge is 0.489 e. The lowest BCUT2D eigenvalue weighted by Crippen LogP contribution is -2.35. The van der Waals surface area contributed by atoms with Crippen LogP contribution in [0.15, 0.2) is 59.5 Å². The van der Waals surface area contributed by atoms with Crippen molar-refractivity contribution in [3.63, 3.8) is 0 Å². The van der Waals surface area contributed by atoms with E-state index in [1.165, 1.54) is 11.3 Å². The maximum absolute atomic E-state index is 11.4. The Hall–Kier alpha value is -3.28. The van der Waals surface area contributed by atoms with Crippen LogP contribution in [0, 0.1) is 0 Å². The summed E-state index contributed by atoms with van der Waals surface area (Å²) in [6.07, 6.45) is 2.79. The molecule has 4 rings (SSSR count). The van der Waals surface area contributed by atoms with Gasteiger partial charge in [0.1, 0.15) is 12.4 Å². The number of hydrogen-bond acceptors (Lipinski definition) is 4. The molecule has 0 bridgehead atoms. The van der Waals surface area contributed by atoms with E-state index in [4.69, 9.17) is 9.15 Å². The van der Waals surface area contributed by atoms with Crippen LogP contribution in [-0.2, 0) is 19.6 Å². The van der Waals surface area contributed by atoms with Gasteiger partial charge in [0.2, 0.25) is 0 Å². The molecular weight excluding hydrogens is 332 g/mol. The van der Waals surface area contributed by atoms with Crippen molar-refractivity contribution in [1.29, 1.82) is 0 Å². The lowest BCUT2D eigenvalue weighted by molar-refractivity contribution is 0.139. The van der Waals surface area contributed by atoms with Crippen molar-refractivity contribution in [2.45, 2.75) is 19.6 Å². The Balaban J connectivity index is 1.69. The summed E-state index contributed by atoms with van der Waals surface area (Å²) < 4.78 is 11.5. The minimum Gasteiger partial charge on any atom is -0.489 e. The van der Waals surface area contributed by atoms with Gasteiger partial charge in [0.05, 0.1) is 12.7 Å². The number of fused-ring (bicyclic) bond motifs is 1. The van der Waals surface area contributed by atoms with Crippen LogP contribution < -0.4 is 4.74 Å². The van der Waals surface area contributed by atoms with E-state index in [1.807, 2.05) is 42.5 Å². The minimum atomic E-state index is -0.913. The first-order valence-corrected chi connectivity index (χ1v) is 8.40. The van der Waals surface area contributed by atoms with Gasteiger partial charge in [-0.3, -0.25) is 0 Å². The van der Waals surface area contributed by atoms with Gasteiger partial charge in [0.15, 0.2) is 12.2 Å². The average Bonchev–Trinajstić information content (AvgIpc) is 3.21. The molecule has 1 aliphatic heterocycles. The molecule has 1 N–H and O–H groups in total. The zero-order chi connectivity index (χ0) is 17.9.